The third-order valence-electron chi connectivity index (χ3n) is 3.62. The number of hydrogen-bond acceptors (Lipinski definition) is 5. The van der Waals surface area contributed by atoms with Crippen molar-refractivity contribution in [2.75, 3.05) is 42.3 Å². The normalized spacial score (nSPS) is 13.8. The summed E-state index contributed by atoms with van der Waals surface area (Å²) in [7, 11) is 3.80. The highest BCUT2D eigenvalue weighted by atomic mass is 16.2. The molecule has 6 heteroatoms. The molecule has 0 atom stereocenters. The minimum atomic E-state index is -0.120. The molecule has 0 saturated carbocycles. The van der Waals surface area contributed by atoms with Gasteiger partial charge in [-0.05, 0) is 12.1 Å². The van der Waals surface area contributed by atoms with Crippen LogP contribution in [0.2, 0.25) is 0 Å². The fraction of sp³-hybridized carbons (Fsp3) is 0.267. The van der Waals surface area contributed by atoms with Crippen molar-refractivity contribution >= 4 is 23.1 Å². The number of nitrogens with one attached hydrogen (secondary N) is 1. The van der Waals surface area contributed by atoms with Gasteiger partial charge < -0.3 is 15.1 Å². The van der Waals surface area contributed by atoms with E-state index in [-0.39, 0.29) is 5.91 Å². The van der Waals surface area contributed by atoms with Crippen LogP contribution in [-0.4, -0.2) is 43.1 Å². The van der Waals surface area contributed by atoms with E-state index < -0.39 is 0 Å². The zero-order chi connectivity index (χ0) is 14.8. The first-order valence-corrected chi connectivity index (χ1v) is 6.82. The fourth-order valence-corrected chi connectivity index (χ4v) is 2.42. The van der Waals surface area contributed by atoms with Gasteiger partial charge in [-0.1, -0.05) is 12.1 Å². The zero-order valence-electron chi connectivity index (χ0n) is 12.1. The summed E-state index contributed by atoms with van der Waals surface area (Å²) in [6.45, 7) is 1.44. The molecule has 2 aromatic rings. The SMILES string of the molecule is CNc1cnc(C(=O)N2CCN(C)c3ccccc32)cn1. The molecular weight excluding hydrogens is 266 g/mol. The molecule has 3 rings (SSSR count). The van der Waals surface area contributed by atoms with Gasteiger partial charge in [0.05, 0.1) is 23.8 Å². The highest BCUT2D eigenvalue weighted by molar-refractivity contribution is 6.07. The Labute approximate surface area is 123 Å². The van der Waals surface area contributed by atoms with Crippen LogP contribution in [0.4, 0.5) is 17.2 Å². The summed E-state index contributed by atoms with van der Waals surface area (Å²) in [5.74, 6) is 0.524. The molecule has 0 unspecified atom stereocenters. The van der Waals surface area contributed by atoms with Crippen molar-refractivity contribution in [1.82, 2.24) is 9.97 Å². The van der Waals surface area contributed by atoms with Gasteiger partial charge in [-0.2, -0.15) is 0 Å². The first kappa shape index (κ1) is 13.4. The number of nitrogens with zero attached hydrogens (tertiary/aromatic N) is 4. The molecule has 1 amide bonds. The van der Waals surface area contributed by atoms with Crippen LogP contribution in [0.25, 0.3) is 0 Å². The quantitative estimate of drug-likeness (QED) is 0.907. The third-order valence-corrected chi connectivity index (χ3v) is 3.62. The molecule has 0 fully saturated rings. The molecule has 0 radical (unpaired) electrons. The van der Waals surface area contributed by atoms with Crippen LogP contribution in [0.15, 0.2) is 36.7 Å². The molecule has 0 saturated heterocycles. The Morgan fingerprint density at radius 3 is 2.57 bits per heavy atom. The van der Waals surface area contributed by atoms with E-state index in [2.05, 4.69) is 20.2 Å². The van der Waals surface area contributed by atoms with E-state index in [1.165, 1.54) is 6.20 Å². The second kappa shape index (κ2) is 5.40. The number of aromatic nitrogens is 2. The lowest BCUT2D eigenvalue weighted by atomic mass is 10.1. The van der Waals surface area contributed by atoms with Crippen LogP contribution >= 0.6 is 0 Å². The van der Waals surface area contributed by atoms with Crippen molar-refractivity contribution in [3.8, 4) is 0 Å². The van der Waals surface area contributed by atoms with Crippen LogP contribution in [0.3, 0.4) is 0 Å². The lowest BCUT2D eigenvalue weighted by Crippen LogP contribution is -2.43. The predicted molar refractivity (Wildman–Crippen MR) is 83.0 cm³/mol. The van der Waals surface area contributed by atoms with Gasteiger partial charge in [0.25, 0.3) is 5.91 Å². The van der Waals surface area contributed by atoms with Crippen LogP contribution in [0, 0.1) is 0 Å². The summed E-state index contributed by atoms with van der Waals surface area (Å²) < 4.78 is 0. The standard InChI is InChI=1S/C15H17N5O/c1-16-14-10-17-11(9-18-14)15(21)20-8-7-19(2)12-5-3-4-6-13(12)20/h3-6,9-10H,7-8H2,1-2H3,(H,16,18). The van der Waals surface area contributed by atoms with Gasteiger partial charge in [0.2, 0.25) is 0 Å². The molecule has 1 aliphatic heterocycles. The van der Waals surface area contributed by atoms with Gasteiger partial charge >= 0.3 is 0 Å². The number of fused-ring (bicyclic) bond motifs is 1. The Morgan fingerprint density at radius 2 is 1.90 bits per heavy atom. The summed E-state index contributed by atoms with van der Waals surface area (Å²) in [6, 6.07) is 7.89. The second-order valence-electron chi connectivity index (χ2n) is 4.90. The van der Waals surface area contributed by atoms with E-state index in [9.17, 15) is 4.79 Å². The van der Waals surface area contributed by atoms with E-state index in [1.807, 2.05) is 31.3 Å². The Kier molecular flexibility index (Phi) is 3.43. The molecule has 1 aromatic heterocycles. The molecule has 2 heterocycles. The van der Waals surface area contributed by atoms with Gasteiger partial charge in [-0.3, -0.25) is 4.79 Å². The third kappa shape index (κ3) is 2.40. The number of anilines is 3. The highest BCUT2D eigenvalue weighted by Gasteiger charge is 2.26. The number of likely N-dealkylation sites (N-methyl/N-ethyl adjacent to an activating group) is 1. The first-order chi connectivity index (χ1) is 10.2. The minimum Gasteiger partial charge on any atom is -0.372 e. The van der Waals surface area contributed by atoms with Crippen molar-refractivity contribution in [3.63, 3.8) is 0 Å². The topological polar surface area (TPSA) is 61.4 Å². The molecule has 0 spiro atoms. The maximum atomic E-state index is 12.7. The molecular formula is C15H17N5O. The average molecular weight is 283 g/mol. The lowest BCUT2D eigenvalue weighted by Gasteiger charge is -2.35. The van der Waals surface area contributed by atoms with Gasteiger partial charge in [-0.25, -0.2) is 9.97 Å². The Balaban J connectivity index is 1.93. The van der Waals surface area contributed by atoms with E-state index in [1.54, 1.807) is 18.1 Å². The summed E-state index contributed by atoms with van der Waals surface area (Å²) in [5, 5.41) is 2.89. The van der Waals surface area contributed by atoms with Crippen LogP contribution < -0.4 is 15.1 Å². The highest BCUT2D eigenvalue weighted by Crippen LogP contribution is 2.32. The minimum absolute atomic E-state index is 0.120. The van der Waals surface area contributed by atoms with Gasteiger partial charge in [0, 0.05) is 27.2 Å². The lowest BCUT2D eigenvalue weighted by molar-refractivity contribution is 0.0981. The smallest absolute Gasteiger partial charge is 0.278 e. The van der Waals surface area contributed by atoms with Gasteiger partial charge in [0.1, 0.15) is 11.5 Å². The van der Waals surface area contributed by atoms with Crippen molar-refractivity contribution in [2.45, 2.75) is 0 Å². The number of carbonyl (C=O) groups excluding carboxylic acids is 1. The summed E-state index contributed by atoms with van der Waals surface area (Å²) in [5.41, 5.74) is 2.32. The Morgan fingerprint density at radius 1 is 1.14 bits per heavy atom. The van der Waals surface area contributed by atoms with Crippen LogP contribution in [0.1, 0.15) is 10.5 Å². The molecule has 1 N–H and O–H groups in total. The molecule has 0 bridgehead atoms. The van der Waals surface area contributed by atoms with Crippen molar-refractivity contribution in [1.29, 1.82) is 0 Å². The largest absolute Gasteiger partial charge is 0.372 e. The summed E-state index contributed by atoms with van der Waals surface area (Å²) in [4.78, 5) is 24.9. The number of benzene rings is 1. The van der Waals surface area contributed by atoms with Gasteiger partial charge in [0.15, 0.2) is 0 Å². The molecule has 108 valence electrons. The Bertz CT molecular complexity index is 655. The van der Waals surface area contributed by atoms with Crippen molar-refractivity contribution < 1.29 is 4.79 Å². The molecule has 1 aromatic carbocycles. The zero-order valence-corrected chi connectivity index (χ0v) is 12.1. The first-order valence-electron chi connectivity index (χ1n) is 6.82. The summed E-state index contributed by atoms with van der Waals surface area (Å²) >= 11 is 0. The van der Waals surface area contributed by atoms with Gasteiger partial charge in [-0.15, -0.1) is 0 Å². The molecule has 6 nitrogen and oxygen atoms in total. The van der Waals surface area contributed by atoms with Crippen LogP contribution in [-0.2, 0) is 0 Å². The molecule has 0 aliphatic carbocycles. The average Bonchev–Trinajstić information content (AvgIpc) is 2.55. The van der Waals surface area contributed by atoms with Crippen LogP contribution in [0.5, 0.6) is 0 Å². The van der Waals surface area contributed by atoms with Crippen molar-refractivity contribution in [2.24, 2.45) is 0 Å². The van der Waals surface area contributed by atoms with E-state index in [0.717, 1.165) is 17.9 Å². The molecule has 21 heavy (non-hydrogen) atoms. The monoisotopic (exact) mass is 283 g/mol. The maximum Gasteiger partial charge on any atom is 0.278 e. The van der Waals surface area contributed by atoms with E-state index >= 15 is 0 Å². The number of para-hydroxylation sites is 2. The van der Waals surface area contributed by atoms with E-state index in [4.69, 9.17) is 0 Å². The van der Waals surface area contributed by atoms with Crippen molar-refractivity contribution in [3.05, 3.63) is 42.4 Å². The maximum absolute atomic E-state index is 12.7. The predicted octanol–water partition coefficient (Wildman–Crippen LogP) is 1.61. The summed E-state index contributed by atoms with van der Waals surface area (Å²) in [6.07, 6.45) is 3.07. The van der Waals surface area contributed by atoms with E-state index in [0.29, 0.717) is 18.1 Å². The molecule has 1 aliphatic rings. The number of rotatable bonds is 2. The second-order valence-corrected chi connectivity index (χ2v) is 4.90. The number of carbonyl (C=O) groups is 1. The fourth-order valence-electron chi connectivity index (χ4n) is 2.42. The number of amides is 1. The Hall–Kier alpha value is -2.63. The number of hydrogen-bond donors (Lipinski definition) is 1.